The van der Waals surface area contributed by atoms with Crippen LogP contribution in [0.25, 0.3) is 11.0 Å². The molecule has 0 spiro atoms. The molecule has 0 radical (unpaired) electrons. The molecule has 5 heteroatoms. The van der Waals surface area contributed by atoms with Crippen molar-refractivity contribution in [1.82, 2.24) is 9.55 Å². The van der Waals surface area contributed by atoms with Crippen molar-refractivity contribution in [3.63, 3.8) is 0 Å². The van der Waals surface area contributed by atoms with E-state index in [0.717, 1.165) is 41.7 Å². The summed E-state index contributed by atoms with van der Waals surface area (Å²) in [6.07, 6.45) is 2.82. The molecule has 0 N–H and O–H groups in total. The molecule has 21 heavy (non-hydrogen) atoms. The maximum absolute atomic E-state index is 5.97. The van der Waals surface area contributed by atoms with Gasteiger partial charge in [0.05, 0.1) is 16.6 Å². The fourth-order valence-corrected chi connectivity index (χ4v) is 3.72. The zero-order valence-corrected chi connectivity index (χ0v) is 14.7. The van der Waals surface area contributed by atoms with Crippen LogP contribution in [0.1, 0.15) is 38.6 Å². The first-order valence-electron chi connectivity index (χ1n) is 7.36. The maximum atomic E-state index is 5.97. The van der Waals surface area contributed by atoms with Crippen LogP contribution in [-0.2, 0) is 11.2 Å². The lowest BCUT2D eigenvalue weighted by Crippen LogP contribution is -2.35. The van der Waals surface area contributed by atoms with Crippen LogP contribution in [0.4, 0.5) is 0 Å². The van der Waals surface area contributed by atoms with E-state index in [9.17, 15) is 0 Å². The van der Waals surface area contributed by atoms with Crippen molar-refractivity contribution >= 4 is 38.6 Å². The van der Waals surface area contributed by atoms with Gasteiger partial charge in [-0.2, -0.15) is 0 Å². The topological polar surface area (TPSA) is 27.1 Å². The van der Waals surface area contributed by atoms with Crippen molar-refractivity contribution < 1.29 is 4.74 Å². The number of halogens is 2. The summed E-state index contributed by atoms with van der Waals surface area (Å²) in [5.41, 5.74) is 2.15. The van der Waals surface area contributed by atoms with E-state index in [-0.39, 0.29) is 5.60 Å². The molecule has 1 aromatic heterocycles. The Balaban J connectivity index is 2.09. The van der Waals surface area contributed by atoms with Crippen LogP contribution in [0, 0.1) is 0 Å². The van der Waals surface area contributed by atoms with E-state index in [1.807, 2.05) is 6.07 Å². The lowest BCUT2D eigenvalue weighted by Gasteiger charge is -2.37. The zero-order valence-electron chi connectivity index (χ0n) is 12.4. The van der Waals surface area contributed by atoms with Gasteiger partial charge in [0.25, 0.3) is 0 Å². The molecule has 114 valence electrons. The molecule has 0 aliphatic carbocycles. The number of imidazole rings is 1. The van der Waals surface area contributed by atoms with Gasteiger partial charge in [-0.25, -0.2) is 4.98 Å². The molecule has 1 aliphatic rings. The summed E-state index contributed by atoms with van der Waals surface area (Å²) in [6.45, 7) is 5.12. The Labute approximate surface area is 138 Å². The average Bonchev–Trinajstić information content (AvgIpc) is 2.75. The highest BCUT2D eigenvalue weighted by atomic mass is 79.9. The third kappa shape index (κ3) is 3.13. The second-order valence-corrected chi connectivity index (χ2v) is 7.52. The third-order valence-electron chi connectivity index (χ3n) is 4.08. The molecule has 1 atom stereocenters. The number of aryl methyl sites for hydroxylation is 1. The van der Waals surface area contributed by atoms with Crippen molar-refractivity contribution in [2.75, 3.05) is 12.5 Å². The molecular formula is C16H20BrClN2O. The van der Waals surface area contributed by atoms with Crippen molar-refractivity contribution in [3.8, 4) is 0 Å². The number of benzene rings is 1. The summed E-state index contributed by atoms with van der Waals surface area (Å²) in [7, 11) is 0. The molecule has 3 nitrogen and oxygen atoms in total. The lowest BCUT2D eigenvalue weighted by molar-refractivity contribution is -0.0688. The van der Waals surface area contributed by atoms with Crippen molar-refractivity contribution in [3.05, 3.63) is 28.5 Å². The van der Waals surface area contributed by atoms with Crippen molar-refractivity contribution in [2.24, 2.45) is 0 Å². The number of rotatable bonds is 3. The van der Waals surface area contributed by atoms with Gasteiger partial charge in [-0.3, -0.25) is 0 Å². The third-order valence-corrected chi connectivity index (χ3v) is 4.76. The number of nitrogens with zero attached hydrogens (tertiary/aromatic N) is 2. The van der Waals surface area contributed by atoms with Crippen LogP contribution in [0.3, 0.4) is 0 Å². The van der Waals surface area contributed by atoms with Gasteiger partial charge in [-0.1, -0.05) is 15.9 Å². The van der Waals surface area contributed by atoms with Crippen molar-refractivity contribution in [2.45, 2.75) is 44.8 Å². The molecule has 1 aliphatic heterocycles. The van der Waals surface area contributed by atoms with Gasteiger partial charge >= 0.3 is 0 Å². The van der Waals surface area contributed by atoms with E-state index in [1.165, 1.54) is 5.52 Å². The van der Waals surface area contributed by atoms with Crippen LogP contribution < -0.4 is 0 Å². The molecule has 1 unspecified atom stereocenters. The second kappa shape index (κ2) is 5.90. The first-order chi connectivity index (χ1) is 10.00. The van der Waals surface area contributed by atoms with Gasteiger partial charge in [0, 0.05) is 29.4 Å². The van der Waals surface area contributed by atoms with Crippen LogP contribution in [0.2, 0.25) is 0 Å². The summed E-state index contributed by atoms with van der Waals surface area (Å²) in [4.78, 5) is 4.78. The SMILES string of the molecule is CC1(C)CC(n2c(CCCl)nc3ccc(Br)cc32)CCO1. The monoisotopic (exact) mass is 370 g/mol. The predicted octanol–water partition coefficient (Wildman–Crippen LogP) is 4.71. The molecule has 1 fully saturated rings. The minimum Gasteiger partial charge on any atom is -0.375 e. The first kappa shape index (κ1) is 15.3. The normalized spacial score (nSPS) is 21.8. The number of fused-ring (bicyclic) bond motifs is 1. The summed E-state index contributed by atoms with van der Waals surface area (Å²) in [5.74, 6) is 1.68. The summed E-state index contributed by atoms with van der Waals surface area (Å²) < 4.78 is 9.33. The molecule has 0 saturated carbocycles. The van der Waals surface area contributed by atoms with Gasteiger partial charge in [0.15, 0.2) is 0 Å². The van der Waals surface area contributed by atoms with E-state index in [4.69, 9.17) is 21.3 Å². The maximum Gasteiger partial charge on any atom is 0.111 e. The highest BCUT2D eigenvalue weighted by Gasteiger charge is 2.31. The second-order valence-electron chi connectivity index (χ2n) is 6.22. The number of ether oxygens (including phenoxy) is 1. The molecule has 2 aromatic rings. The highest BCUT2D eigenvalue weighted by molar-refractivity contribution is 9.10. The van der Waals surface area contributed by atoms with Gasteiger partial charge in [0.2, 0.25) is 0 Å². The molecule has 2 heterocycles. The largest absolute Gasteiger partial charge is 0.375 e. The Bertz CT molecular complexity index is 653. The van der Waals surface area contributed by atoms with E-state index in [1.54, 1.807) is 0 Å². The molecule has 3 rings (SSSR count). The summed E-state index contributed by atoms with van der Waals surface area (Å²) in [6, 6.07) is 6.69. The Kier molecular flexibility index (Phi) is 4.30. The number of aromatic nitrogens is 2. The number of hydrogen-bond donors (Lipinski definition) is 0. The van der Waals surface area contributed by atoms with Gasteiger partial charge in [-0.05, 0) is 44.9 Å². The minimum absolute atomic E-state index is 0.0796. The van der Waals surface area contributed by atoms with Gasteiger partial charge in [-0.15, -0.1) is 11.6 Å². The molecule has 0 amide bonds. The van der Waals surface area contributed by atoms with Crippen molar-refractivity contribution in [1.29, 1.82) is 0 Å². The molecular weight excluding hydrogens is 352 g/mol. The molecule has 1 aromatic carbocycles. The van der Waals surface area contributed by atoms with E-state index < -0.39 is 0 Å². The minimum atomic E-state index is -0.0796. The lowest BCUT2D eigenvalue weighted by atomic mass is 9.93. The molecule has 0 bridgehead atoms. The van der Waals surface area contributed by atoms with Crippen LogP contribution >= 0.6 is 27.5 Å². The standard InChI is InChI=1S/C16H20BrClN2O/c1-16(2)10-12(6-8-21-16)20-14-9-11(17)3-4-13(14)19-15(20)5-7-18/h3-4,9,12H,5-8,10H2,1-2H3. The van der Waals surface area contributed by atoms with Crippen LogP contribution in [-0.4, -0.2) is 27.6 Å². The smallest absolute Gasteiger partial charge is 0.111 e. The number of hydrogen-bond acceptors (Lipinski definition) is 2. The van der Waals surface area contributed by atoms with Gasteiger partial charge < -0.3 is 9.30 Å². The fraction of sp³-hybridized carbons (Fsp3) is 0.562. The van der Waals surface area contributed by atoms with Crippen LogP contribution in [0.5, 0.6) is 0 Å². The average molecular weight is 372 g/mol. The summed E-state index contributed by atoms with van der Waals surface area (Å²) >= 11 is 9.54. The van der Waals surface area contributed by atoms with Gasteiger partial charge in [0.1, 0.15) is 5.82 Å². The molecule has 1 saturated heterocycles. The Hall–Kier alpha value is -0.580. The highest BCUT2D eigenvalue weighted by Crippen LogP contribution is 2.35. The van der Waals surface area contributed by atoms with Crippen LogP contribution in [0.15, 0.2) is 22.7 Å². The summed E-state index contributed by atoms with van der Waals surface area (Å²) in [5, 5.41) is 0. The van der Waals surface area contributed by atoms with E-state index in [2.05, 4.69) is 46.5 Å². The first-order valence-corrected chi connectivity index (χ1v) is 8.69. The van der Waals surface area contributed by atoms with E-state index in [0.29, 0.717) is 11.9 Å². The zero-order chi connectivity index (χ0) is 15.0. The Morgan fingerprint density at radius 2 is 2.29 bits per heavy atom. The fourth-order valence-electron chi connectivity index (χ4n) is 3.20. The Morgan fingerprint density at radius 1 is 1.48 bits per heavy atom. The predicted molar refractivity (Wildman–Crippen MR) is 90.2 cm³/mol. The number of alkyl halides is 1. The quantitative estimate of drug-likeness (QED) is 0.731. The van der Waals surface area contributed by atoms with E-state index >= 15 is 0 Å². The Morgan fingerprint density at radius 3 is 3.00 bits per heavy atom.